The van der Waals surface area contributed by atoms with Crippen molar-refractivity contribution in [1.29, 1.82) is 0 Å². The molecule has 120 valence electrons. The summed E-state index contributed by atoms with van der Waals surface area (Å²) in [7, 11) is 0. The van der Waals surface area contributed by atoms with Crippen LogP contribution in [0.4, 0.5) is 9.59 Å². The van der Waals surface area contributed by atoms with Gasteiger partial charge in [-0.05, 0) is 45.4 Å². The highest BCUT2D eigenvalue weighted by Crippen LogP contribution is 2.37. The van der Waals surface area contributed by atoms with E-state index in [-0.39, 0.29) is 11.8 Å². The van der Waals surface area contributed by atoms with Crippen LogP contribution in [0.1, 0.15) is 33.6 Å². The lowest BCUT2D eigenvalue weighted by atomic mass is 9.79. The molecule has 2 bridgehead atoms. The van der Waals surface area contributed by atoms with Crippen LogP contribution in [-0.2, 0) is 4.74 Å². The second kappa shape index (κ2) is 6.09. The van der Waals surface area contributed by atoms with Gasteiger partial charge in [0.2, 0.25) is 0 Å². The fourth-order valence-corrected chi connectivity index (χ4v) is 3.38. The smallest absolute Gasteiger partial charge is 0.407 e. The summed E-state index contributed by atoms with van der Waals surface area (Å²) in [6.07, 6.45) is 0.723. The molecule has 2 rings (SSSR count). The number of carbonyl (C=O) groups is 2. The van der Waals surface area contributed by atoms with Crippen molar-refractivity contribution in [1.82, 2.24) is 16.0 Å². The molecule has 0 aromatic rings. The molecule has 2 aliphatic heterocycles. The Morgan fingerprint density at radius 3 is 2.14 bits per heavy atom. The van der Waals surface area contributed by atoms with Crippen LogP contribution in [0.15, 0.2) is 0 Å². The SMILES string of the molecule is CC(C)(C)OC(=O)NCC1C(CNC(=O)O)[C@H]2CC[C@@H]1N2. The first-order valence-electron chi connectivity index (χ1n) is 7.46. The Morgan fingerprint density at radius 1 is 1.14 bits per heavy atom. The maximum absolute atomic E-state index is 11.7. The lowest BCUT2D eigenvalue weighted by Gasteiger charge is -2.30. The summed E-state index contributed by atoms with van der Waals surface area (Å²) in [6, 6.07) is 0.692. The Morgan fingerprint density at radius 2 is 1.67 bits per heavy atom. The number of carbonyl (C=O) groups excluding carboxylic acids is 1. The number of rotatable bonds is 4. The Balaban J connectivity index is 1.85. The first-order chi connectivity index (χ1) is 9.76. The molecule has 4 atom stereocenters. The third-order valence-electron chi connectivity index (χ3n) is 4.17. The molecule has 7 heteroatoms. The van der Waals surface area contributed by atoms with E-state index in [1.54, 1.807) is 0 Å². The van der Waals surface area contributed by atoms with Crippen LogP contribution in [-0.4, -0.2) is 48.1 Å². The maximum Gasteiger partial charge on any atom is 0.407 e. The van der Waals surface area contributed by atoms with E-state index < -0.39 is 17.8 Å². The molecule has 0 spiro atoms. The molecular formula is C14H25N3O4. The monoisotopic (exact) mass is 299 g/mol. The lowest BCUT2D eigenvalue weighted by Crippen LogP contribution is -2.43. The molecule has 0 saturated carbocycles. The van der Waals surface area contributed by atoms with E-state index in [9.17, 15) is 9.59 Å². The van der Waals surface area contributed by atoms with Crippen LogP contribution in [0.2, 0.25) is 0 Å². The van der Waals surface area contributed by atoms with Crippen LogP contribution in [0.3, 0.4) is 0 Å². The van der Waals surface area contributed by atoms with Gasteiger partial charge in [-0.2, -0.15) is 0 Å². The van der Waals surface area contributed by atoms with Gasteiger partial charge < -0.3 is 25.8 Å². The van der Waals surface area contributed by atoms with Gasteiger partial charge >= 0.3 is 12.2 Å². The van der Waals surface area contributed by atoms with Crippen molar-refractivity contribution < 1.29 is 19.4 Å². The van der Waals surface area contributed by atoms with Crippen molar-refractivity contribution in [2.75, 3.05) is 13.1 Å². The topological polar surface area (TPSA) is 99.7 Å². The van der Waals surface area contributed by atoms with E-state index in [0.29, 0.717) is 25.2 Å². The molecule has 2 saturated heterocycles. The number of ether oxygens (including phenoxy) is 1. The van der Waals surface area contributed by atoms with E-state index in [4.69, 9.17) is 9.84 Å². The Labute approximate surface area is 124 Å². The normalized spacial score (nSPS) is 31.0. The standard InChI is InChI=1S/C14H25N3O4/c1-14(2,3)21-13(20)16-7-9-8(6-15-12(18)19)10-4-5-11(9)17-10/h8-11,15,17H,4-7H2,1-3H3,(H,16,20)(H,18,19)/t8?,9?,10-,11+/m1/s1. The van der Waals surface area contributed by atoms with E-state index in [0.717, 1.165) is 12.8 Å². The van der Waals surface area contributed by atoms with Crippen molar-refractivity contribution in [3.8, 4) is 0 Å². The minimum absolute atomic E-state index is 0.217. The summed E-state index contributed by atoms with van der Waals surface area (Å²) < 4.78 is 5.23. The molecule has 2 fully saturated rings. The predicted molar refractivity (Wildman–Crippen MR) is 77.2 cm³/mol. The molecule has 0 aliphatic carbocycles. The van der Waals surface area contributed by atoms with Gasteiger partial charge in [0.15, 0.2) is 0 Å². The van der Waals surface area contributed by atoms with Gasteiger partial charge in [0, 0.05) is 25.2 Å². The molecule has 2 aliphatic rings. The number of nitrogens with one attached hydrogen (secondary N) is 3. The van der Waals surface area contributed by atoms with E-state index in [1.807, 2.05) is 20.8 Å². The Hall–Kier alpha value is -1.50. The van der Waals surface area contributed by atoms with Crippen molar-refractivity contribution in [2.24, 2.45) is 11.8 Å². The molecule has 0 aromatic heterocycles. The predicted octanol–water partition coefficient (Wildman–Crippen LogP) is 1.15. The van der Waals surface area contributed by atoms with Crippen molar-refractivity contribution in [2.45, 2.75) is 51.3 Å². The summed E-state index contributed by atoms with van der Waals surface area (Å²) in [4.78, 5) is 22.4. The van der Waals surface area contributed by atoms with Gasteiger partial charge in [-0.3, -0.25) is 0 Å². The minimum atomic E-state index is -1.00. The van der Waals surface area contributed by atoms with Crippen molar-refractivity contribution in [3.63, 3.8) is 0 Å². The van der Waals surface area contributed by atoms with Gasteiger partial charge in [-0.25, -0.2) is 9.59 Å². The van der Waals surface area contributed by atoms with Crippen molar-refractivity contribution >= 4 is 12.2 Å². The van der Waals surface area contributed by atoms with Crippen LogP contribution in [0.5, 0.6) is 0 Å². The van der Waals surface area contributed by atoms with Gasteiger partial charge in [-0.15, -0.1) is 0 Å². The van der Waals surface area contributed by atoms with E-state index in [1.165, 1.54) is 0 Å². The highest BCUT2D eigenvalue weighted by atomic mass is 16.6. The van der Waals surface area contributed by atoms with Gasteiger partial charge in [0.1, 0.15) is 5.60 Å². The quantitative estimate of drug-likeness (QED) is 0.624. The zero-order chi connectivity index (χ0) is 15.6. The number of alkyl carbamates (subject to hydrolysis) is 1. The first-order valence-corrected chi connectivity index (χ1v) is 7.46. The molecule has 2 amide bonds. The zero-order valence-corrected chi connectivity index (χ0v) is 12.8. The maximum atomic E-state index is 11.7. The van der Waals surface area contributed by atoms with Crippen LogP contribution >= 0.6 is 0 Å². The molecule has 21 heavy (non-hydrogen) atoms. The second-order valence-electron chi connectivity index (χ2n) is 6.85. The summed E-state index contributed by atoms with van der Waals surface area (Å²) in [6.45, 7) is 6.40. The Bertz CT molecular complexity index is 408. The molecule has 2 heterocycles. The number of hydrogen-bond donors (Lipinski definition) is 4. The molecule has 2 unspecified atom stereocenters. The second-order valence-corrected chi connectivity index (χ2v) is 6.85. The van der Waals surface area contributed by atoms with Crippen LogP contribution < -0.4 is 16.0 Å². The largest absolute Gasteiger partial charge is 0.465 e. The minimum Gasteiger partial charge on any atom is -0.465 e. The van der Waals surface area contributed by atoms with Crippen molar-refractivity contribution in [3.05, 3.63) is 0 Å². The third kappa shape index (κ3) is 4.23. The van der Waals surface area contributed by atoms with Gasteiger partial charge in [-0.1, -0.05) is 0 Å². The highest BCUT2D eigenvalue weighted by Gasteiger charge is 2.47. The average molecular weight is 299 g/mol. The number of hydrogen-bond acceptors (Lipinski definition) is 4. The average Bonchev–Trinajstić information content (AvgIpc) is 2.91. The van der Waals surface area contributed by atoms with Crippen LogP contribution in [0.25, 0.3) is 0 Å². The summed E-state index contributed by atoms with van der Waals surface area (Å²) in [5.74, 6) is 0.456. The highest BCUT2D eigenvalue weighted by molar-refractivity contribution is 5.67. The molecular weight excluding hydrogens is 274 g/mol. The summed E-state index contributed by atoms with van der Waals surface area (Å²) in [5, 5.41) is 17.5. The summed E-state index contributed by atoms with van der Waals surface area (Å²) >= 11 is 0. The zero-order valence-electron chi connectivity index (χ0n) is 12.8. The summed E-state index contributed by atoms with van der Waals surface area (Å²) in [5.41, 5.74) is -0.513. The molecule has 4 N–H and O–H groups in total. The fourth-order valence-electron chi connectivity index (χ4n) is 3.38. The van der Waals surface area contributed by atoms with Crippen LogP contribution in [0, 0.1) is 11.8 Å². The van der Waals surface area contributed by atoms with Gasteiger partial charge in [0.25, 0.3) is 0 Å². The molecule has 0 radical (unpaired) electrons. The van der Waals surface area contributed by atoms with Gasteiger partial charge in [0.05, 0.1) is 0 Å². The molecule has 7 nitrogen and oxygen atoms in total. The fraction of sp³-hybridized carbons (Fsp3) is 0.857. The number of carboxylic acid groups (broad SMARTS) is 1. The molecule has 0 aromatic carbocycles. The number of fused-ring (bicyclic) bond motifs is 2. The third-order valence-corrected chi connectivity index (χ3v) is 4.17. The van der Waals surface area contributed by atoms with E-state index in [2.05, 4.69) is 16.0 Å². The first kappa shape index (κ1) is 15.9. The lowest BCUT2D eigenvalue weighted by molar-refractivity contribution is 0.0510. The Kier molecular flexibility index (Phi) is 4.61. The van der Waals surface area contributed by atoms with E-state index >= 15 is 0 Å². The number of amides is 2.